The topological polar surface area (TPSA) is 79.7 Å². The molecule has 36 heavy (non-hydrogen) atoms. The Morgan fingerprint density at radius 2 is 2.14 bits per heavy atom. The molecule has 186 valence electrons. The predicted molar refractivity (Wildman–Crippen MR) is 143 cm³/mol. The van der Waals surface area contributed by atoms with Gasteiger partial charge in [-0.15, -0.1) is 11.3 Å². The lowest BCUT2D eigenvalue weighted by Gasteiger charge is -2.26. The van der Waals surface area contributed by atoms with Gasteiger partial charge in [0.05, 0.1) is 23.7 Å². The second-order valence-electron chi connectivity index (χ2n) is 11.2. The van der Waals surface area contributed by atoms with Crippen LogP contribution in [0.15, 0.2) is 23.5 Å². The largest absolute Gasteiger partial charge is 0.489 e. The number of hydrogen-bond donors (Lipinski definition) is 1. The van der Waals surface area contributed by atoms with Gasteiger partial charge < -0.3 is 15.0 Å². The lowest BCUT2D eigenvalue weighted by molar-refractivity contribution is -0.135. The highest BCUT2D eigenvalue weighted by Gasteiger charge is 2.49. The molecular weight excluding hydrogens is 470 g/mol. The maximum atomic E-state index is 13.3. The number of thiophene rings is 1. The number of benzene rings is 1. The van der Waals surface area contributed by atoms with Crippen molar-refractivity contribution in [2.45, 2.75) is 65.0 Å². The molecule has 1 spiro atoms. The Bertz CT molecular complexity index is 1410. The molecule has 4 aliphatic rings. The summed E-state index contributed by atoms with van der Waals surface area (Å²) in [4.78, 5) is 31.4. The van der Waals surface area contributed by atoms with Crippen LogP contribution in [-0.2, 0) is 24.2 Å². The van der Waals surface area contributed by atoms with Gasteiger partial charge in [-0.05, 0) is 86.6 Å². The maximum Gasteiger partial charge on any atom is 0.226 e. The summed E-state index contributed by atoms with van der Waals surface area (Å²) in [6.45, 7) is 6.69. The summed E-state index contributed by atoms with van der Waals surface area (Å²) in [5, 5.41) is 4.66. The van der Waals surface area contributed by atoms with Crippen LogP contribution >= 0.6 is 11.3 Å². The first-order valence-electron chi connectivity index (χ1n) is 13.1. The first-order valence-corrected chi connectivity index (χ1v) is 13.9. The number of fused-ring (bicyclic) bond motifs is 4. The number of rotatable bonds is 5. The Morgan fingerprint density at radius 1 is 1.25 bits per heavy atom. The molecule has 1 aromatic carbocycles. The van der Waals surface area contributed by atoms with E-state index in [0.717, 1.165) is 65.4 Å². The summed E-state index contributed by atoms with van der Waals surface area (Å²) in [5.74, 6) is 2.07. The average molecular weight is 502 g/mol. The maximum absolute atomic E-state index is 13.3. The Hall–Kier alpha value is -3.00. The zero-order chi connectivity index (χ0) is 24.4. The summed E-state index contributed by atoms with van der Waals surface area (Å²) in [6, 6.07) is 4.19. The molecule has 8 heteroatoms. The normalized spacial score (nSPS) is 21.3. The molecule has 7 rings (SSSR count). The second-order valence-corrected chi connectivity index (χ2v) is 12.2. The van der Waals surface area contributed by atoms with Gasteiger partial charge in [0.15, 0.2) is 0 Å². The Balaban J connectivity index is 1.19. The van der Waals surface area contributed by atoms with Crippen molar-refractivity contribution in [2.75, 3.05) is 18.4 Å². The molecule has 1 atom stereocenters. The minimum atomic E-state index is 0.0603. The fourth-order valence-electron chi connectivity index (χ4n) is 6.10. The monoisotopic (exact) mass is 501 g/mol. The number of likely N-dealkylation sites (tertiary alicyclic amines) is 1. The number of aryl methyl sites for hydroxylation is 1. The molecule has 2 aromatic heterocycles. The van der Waals surface area contributed by atoms with Crippen LogP contribution in [0.3, 0.4) is 0 Å². The summed E-state index contributed by atoms with van der Waals surface area (Å²) in [7, 11) is 0. The number of aromatic nitrogens is 2. The Labute approximate surface area is 215 Å². The van der Waals surface area contributed by atoms with Crippen LogP contribution < -0.4 is 10.1 Å². The van der Waals surface area contributed by atoms with E-state index in [4.69, 9.17) is 4.74 Å². The van der Waals surface area contributed by atoms with E-state index >= 15 is 0 Å². The third kappa shape index (κ3) is 3.77. The third-order valence-electron chi connectivity index (χ3n) is 8.25. The third-order valence-corrected chi connectivity index (χ3v) is 9.41. The summed E-state index contributed by atoms with van der Waals surface area (Å²) >= 11 is 1.72. The summed E-state index contributed by atoms with van der Waals surface area (Å²) in [6.07, 6.45) is 10.0. The molecule has 1 saturated heterocycles. The molecule has 0 bridgehead atoms. The van der Waals surface area contributed by atoms with E-state index in [-0.39, 0.29) is 12.0 Å². The highest BCUT2D eigenvalue weighted by atomic mass is 32.1. The van der Waals surface area contributed by atoms with Gasteiger partial charge in [-0.1, -0.05) is 0 Å². The Kier molecular flexibility index (Phi) is 5.10. The fourth-order valence-corrected chi connectivity index (χ4v) is 7.36. The zero-order valence-electron chi connectivity index (χ0n) is 20.8. The van der Waals surface area contributed by atoms with Crippen LogP contribution in [0.4, 0.5) is 11.5 Å². The number of hydrogen-bond acceptors (Lipinski definition) is 7. The molecule has 1 N–H and O–H groups in total. The molecule has 1 saturated carbocycles. The molecule has 0 radical (unpaired) electrons. The molecule has 7 nitrogen and oxygen atoms in total. The van der Waals surface area contributed by atoms with Gasteiger partial charge in [-0.3, -0.25) is 9.79 Å². The fraction of sp³-hybridized carbons (Fsp3) is 0.500. The van der Waals surface area contributed by atoms with Crippen molar-refractivity contribution in [1.29, 1.82) is 0 Å². The van der Waals surface area contributed by atoms with Crippen molar-refractivity contribution in [3.05, 3.63) is 40.0 Å². The molecule has 1 amide bonds. The lowest BCUT2D eigenvalue weighted by atomic mass is 9.87. The average Bonchev–Trinajstić information content (AvgIpc) is 3.18. The van der Waals surface area contributed by atoms with E-state index in [2.05, 4.69) is 37.3 Å². The van der Waals surface area contributed by atoms with Crippen molar-refractivity contribution < 1.29 is 9.53 Å². The molecule has 1 unspecified atom stereocenters. The first-order chi connectivity index (χ1) is 17.5. The van der Waals surface area contributed by atoms with Crippen molar-refractivity contribution >= 4 is 45.2 Å². The van der Waals surface area contributed by atoms with Gasteiger partial charge in [0.2, 0.25) is 5.91 Å². The number of ether oxygens (including phenoxy) is 1. The summed E-state index contributed by atoms with van der Waals surface area (Å²) < 4.78 is 6.16. The summed E-state index contributed by atoms with van der Waals surface area (Å²) in [5.41, 5.74) is 4.96. The van der Waals surface area contributed by atoms with E-state index in [0.29, 0.717) is 17.9 Å². The lowest BCUT2D eigenvalue weighted by Crippen LogP contribution is -2.36. The van der Waals surface area contributed by atoms with E-state index in [1.165, 1.54) is 35.3 Å². The van der Waals surface area contributed by atoms with Gasteiger partial charge in [-0.25, -0.2) is 9.97 Å². The molecule has 2 aliphatic heterocycles. The van der Waals surface area contributed by atoms with Gasteiger partial charge in [-0.2, -0.15) is 0 Å². The van der Waals surface area contributed by atoms with E-state index in [1.807, 2.05) is 20.1 Å². The van der Waals surface area contributed by atoms with Crippen molar-refractivity contribution in [1.82, 2.24) is 14.9 Å². The van der Waals surface area contributed by atoms with Crippen molar-refractivity contribution in [2.24, 2.45) is 16.3 Å². The Morgan fingerprint density at radius 3 is 2.94 bits per heavy atom. The minimum absolute atomic E-state index is 0.0603. The van der Waals surface area contributed by atoms with Crippen molar-refractivity contribution in [3.8, 4) is 5.75 Å². The van der Waals surface area contributed by atoms with Crippen LogP contribution in [0.5, 0.6) is 5.75 Å². The van der Waals surface area contributed by atoms with E-state index in [1.54, 1.807) is 17.7 Å². The van der Waals surface area contributed by atoms with Crippen LogP contribution in [0.1, 0.15) is 61.1 Å². The van der Waals surface area contributed by atoms with Crippen molar-refractivity contribution in [3.63, 3.8) is 0 Å². The van der Waals surface area contributed by atoms with E-state index < -0.39 is 0 Å². The molecule has 2 fully saturated rings. The highest BCUT2D eigenvalue weighted by molar-refractivity contribution is 7.19. The van der Waals surface area contributed by atoms with E-state index in [9.17, 15) is 4.79 Å². The molecule has 2 aliphatic carbocycles. The number of carbonyl (C=O) groups is 1. The number of nitrogens with one attached hydrogen (secondary N) is 1. The van der Waals surface area contributed by atoms with Gasteiger partial charge in [0.1, 0.15) is 22.7 Å². The van der Waals surface area contributed by atoms with Gasteiger partial charge in [0.25, 0.3) is 0 Å². The zero-order valence-corrected chi connectivity index (χ0v) is 21.7. The first kappa shape index (κ1) is 22.2. The van der Waals surface area contributed by atoms with Crippen LogP contribution in [-0.4, -0.2) is 46.2 Å². The van der Waals surface area contributed by atoms with Crippen LogP contribution in [0.2, 0.25) is 0 Å². The highest BCUT2D eigenvalue weighted by Crippen LogP contribution is 2.53. The van der Waals surface area contributed by atoms with Crippen LogP contribution in [0.25, 0.3) is 10.2 Å². The number of aliphatic imine (C=N–C) groups is 1. The van der Waals surface area contributed by atoms with Gasteiger partial charge >= 0.3 is 0 Å². The van der Waals surface area contributed by atoms with Crippen LogP contribution in [0, 0.1) is 11.3 Å². The molecule has 3 aromatic rings. The SMILES string of the molecule is CC(C)Oc1cc2c(cc1Nc1ncnc3sc4c(c13)CCC(C(=O)N1CCC3(CC3)C1)C4)C=NC2. The second kappa shape index (κ2) is 8.26. The standard InChI is InChI=1S/C28H31N5O2S/c1-16(2)35-22-10-19-13-29-12-18(19)9-21(22)32-25-24-20-4-3-17(11-23(20)36-26(24)31-15-30-25)27(34)33-8-7-28(14-33)5-6-28/h9-10,12,15-17H,3-8,11,13-14H2,1-2H3,(H,30,31,32). The van der Waals surface area contributed by atoms with Gasteiger partial charge in [0, 0.05) is 30.1 Å². The number of nitrogens with zero attached hydrogens (tertiary/aromatic N) is 4. The number of amides is 1. The molecular formula is C28H31N5O2S. The number of anilines is 2. The minimum Gasteiger partial charge on any atom is -0.489 e. The molecule has 4 heterocycles. The predicted octanol–water partition coefficient (Wildman–Crippen LogP) is 5.27. The smallest absolute Gasteiger partial charge is 0.226 e. The quantitative estimate of drug-likeness (QED) is 0.515. The number of carbonyl (C=O) groups excluding carboxylic acids is 1.